The molecule has 7 heteroatoms. The van der Waals surface area contributed by atoms with Gasteiger partial charge in [0, 0.05) is 4.88 Å². The Morgan fingerprint density at radius 3 is 2.74 bits per heavy atom. The number of hydrogen-bond donors (Lipinski definition) is 2. The molecular weight excluding hydrogens is 282 g/mol. The highest BCUT2D eigenvalue weighted by atomic mass is 32.2. The molecule has 1 aliphatic rings. The van der Waals surface area contributed by atoms with Crippen LogP contribution in [-0.2, 0) is 9.53 Å². The minimum Gasteiger partial charge on any atom is -0.466 e. The van der Waals surface area contributed by atoms with Crippen molar-refractivity contribution in [1.82, 2.24) is 0 Å². The van der Waals surface area contributed by atoms with Crippen LogP contribution in [0.5, 0.6) is 0 Å². The van der Waals surface area contributed by atoms with E-state index in [2.05, 4.69) is 6.07 Å². The van der Waals surface area contributed by atoms with E-state index < -0.39 is 11.9 Å². The first-order valence-corrected chi connectivity index (χ1v) is 6.98. The topological polar surface area (TPSA) is 102 Å². The number of methoxy groups -OCH3 is 1. The maximum Gasteiger partial charge on any atom is 0.337 e. The third-order valence-electron chi connectivity index (χ3n) is 2.68. The first kappa shape index (κ1) is 13.5. The summed E-state index contributed by atoms with van der Waals surface area (Å²) in [4.78, 5) is 12.7. The zero-order valence-corrected chi connectivity index (χ0v) is 11.7. The zero-order valence-electron chi connectivity index (χ0n) is 10.0. The van der Waals surface area contributed by atoms with Gasteiger partial charge in [-0.3, -0.25) is 0 Å². The number of thioether (sulfide) groups is 1. The number of nitriles is 1. The van der Waals surface area contributed by atoms with Crippen LogP contribution in [0.25, 0.3) is 0 Å². The monoisotopic (exact) mass is 293 g/mol. The predicted molar refractivity (Wildman–Crippen MR) is 74.7 cm³/mol. The fourth-order valence-electron chi connectivity index (χ4n) is 1.85. The smallest absolute Gasteiger partial charge is 0.337 e. The number of hydrogen-bond acceptors (Lipinski definition) is 7. The fraction of sp³-hybridized carbons (Fsp3) is 0.167. The van der Waals surface area contributed by atoms with Gasteiger partial charge in [0.2, 0.25) is 0 Å². The Labute approximate surface area is 118 Å². The van der Waals surface area contributed by atoms with E-state index in [1.54, 1.807) is 0 Å². The Kier molecular flexibility index (Phi) is 3.83. The highest BCUT2D eigenvalue weighted by Crippen LogP contribution is 2.44. The van der Waals surface area contributed by atoms with E-state index in [4.69, 9.17) is 16.2 Å². The highest BCUT2D eigenvalue weighted by molar-refractivity contribution is 8.06. The molecule has 0 amide bonds. The summed E-state index contributed by atoms with van der Waals surface area (Å²) in [5.74, 6) is -1.08. The maximum absolute atomic E-state index is 11.9. The van der Waals surface area contributed by atoms with E-state index in [1.807, 2.05) is 17.5 Å². The molecule has 1 aromatic heterocycles. The van der Waals surface area contributed by atoms with Crippen molar-refractivity contribution in [3.63, 3.8) is 0 Å². The molecule has 0 bridgehead atoms. The van der Waals surface area contributed by atoms with Crippen LogP contribution in [0, 0.1) is 11.3 Å². The molecule has 19 heavy (non-hydrogen) atoms. The van der Waals surface area contributed by atoms with Gasteiger partial charge in [-0.1, -0.05) is 17.8 Å². The molecule has 2 heterocycles. The van der Waals surface area contributed by atoms with Crippen LogP contribution < -0.4 is 11.5 Å². The molecule has 1 atom stereocenters. The Balaban J connectivity index is 2.61. The van der Waals surface area contributed by atoms with E-state index >= 15 is 0 Å². The molecule has 0 fully saturated rings. The Bertz CT molecular complexity index is 611. The van der Waals surface area contributed by atoms with Gasteiger partial charge in [0.25, 0.3) is 0 Å². The second-order valence-corrected chi connectivity index (χ2v) is 5.77. The number of ether oxygens (including phenoxy) is 1. The lowest BCUT2D eigenvalue weighted by Crippen LogP contribution is -2.24. The van der Waals surface area contributed by atoms with Crippen LogP contribution in [0.2, 0.25) is 0 Å². The minimum absolute atomic E-state index is 0.278. The van der Waals surface area contributed by atoms with Gasteiger partial charge in [0.05, 0.1) is 40.3 Å². The van der Waals surface area contributed by atoms with Crippen molar-refractivity contribution >= 4 is 29.1 Å². The molecule has 0 aliphatic carbocycles. The summed E-state index contributed by atoms with van der Waals surface area (Å²) < 4.78 is 4.76. The quantitative estimate of drug-likeness (QED) is 0.803. The van der Waals surface area contributed by atoms with E-state index in [1.165, 1.54) is 18.4 Å². The van der Waals surface area contributed by atoms with Crippen LogP contribution in [0.15, 0.2) is 38.7 Å². The van der Waals surface area contributed by atoms with Gasteiger partial charge in [0.1, 0.15) is 0 Å². The molecule has 0 saturated carbocycles. The number of carbonyl (C=O) groups is 1. The molecule has 0 aromatic carbocycles. The van der Waals surface area contributed by atoms with Crippen molar-refractivity contribution in [3.05, 3.63) is 43.6 Å². The van der Waals surface area contributed by atoms with Crippen LogP contribution >= 0.6 is 23.1 Å². The van der Waals surface area contributed by atoms with Gasteiger partial charge >= 0.3 is 5.97 Å². The van der Waals surface area contributed by atoms with E-state index in [-0.39, 0.29) is 10.6 Å². The number of esters is 1. The third-order valence-corrected chi connectivity index (χ3v) is 4.50. The lowest BCUT2D eigenvalue weighted by Gasteiger charge is -2.24. The number of nitrogens with zero attached hydrogens (tertiary/aromatic N) is 1. The molecule has 4 N–H and O–H groups in total. The van der Waals surface area contributed by atoms with Crippen LogP contribution in [0.1, 0.15) is 10.8 Å². The van der Waals surface area contributed by atoms with Gasteiger partial charge in [-0.15, -0.1) is 11.3 Å². The molecule has 1 aliphatic heterocycles. The molecule has 5 nitrogen and oxygen atoms in total. The van der Waals surface area contributed by atoms with Gasteiger partial charge in [0.15, 0.2) is 0 Å². The van der Waals surface area contributed by atoms with Crippen molar-refractivity contribution in [2.24, 2.45) is 11.5 Å². The van der Waals surface area contributed by atoms with Crippen molar-refractivity contribution in [2.75, 3.05) is 7.11 Å². The first-order chi connectivity index (χ1) is 9.10. The Morgan fingerprint density at radius 2 is 2.21 bits per heavy atom. The summed E-state index contributed by atoms with van der Waals surface area (Å²) in [6.07, 6.45) is 0. The van der Waals surface area contributed by atoms with E-state index in [0.717, 1.165) is 16.6 Å². The standard InChI is InChI=1S/C12H11N3O2S2/c1-17-12(16)9-8(7-3-2-4-18-7)6(5-13)10(14)19-11(9)15/h2-4,8H,14-15H2,1H3. The lowest BCUT2D eigenvalue weighted by molar-refractivity contribution is -0.136. The van der Waals surface area contributed by atoms with E-state index in [9.17, 15) is 10.1 Å². The minimum atomic E-state index is -0.543. The van der Waals surface area contributed by atoms with Crippen molar-refractivity contribution in [1.29, 1.82) is 5.26 Å². The fourth-order valence-corrected chi connectivity index (χ4v) is 3.51. The molecule has 0 spiro atoms. The predicted octanol–water partition coefficient (Wildman–Crippen LogP) is 1.62. The normalized spacial score (nSPS) is 19.3. The molecule has 1 aromatic rings. The average Bonchev–Trinajstić information content (AvgIpc) is 2.90. The lowest BCUT2D eigenvalue weighted by atomic mass is 9.90. The van der Waals surface area contributed by atoms with Crippen LogP contribution in [0.4, 0.5) is 0 Å². The molecule has 2 rings (SSSR count). The first-order valence-electron chi connectivity index (χ1n) is 5.29. The van der Waals surface area contributed by atoms with E-state index in [0.29, 0.717) is 10.6 Å². The third kappa shape index (κ3) is 2.32. The van der Waals surface area contributed by atoms with Gasteiger partial charge in [-0.25, -0.2) is 4.79 Å². The van der Waals surface area contributed by atoms with Gasteiger partial charge in [-0.2, -0.15) is 5.26 Å². The Hall–Kier alpha value is -1.91. The van der Waals surface area contributed by atoms with Crippen molar-refractivity contribution in [2.45, 2.75) is 5.92 Å². The molecule has 1 unspecified atom stereocenters. The van der Waals surface area contributed by atoms with Gasteiger partial charge in [-0.05, 0) is 11.4 Å². The maximum atomic E-state index is 11.9. The number of thiophene rings is 1. The summed E-state index contributed by atoms with van der Waals surface area (Å²) in [5.41, 5.74) is 12.3. The van der Waals surface area contributed by atoms with Gasteiger partial charge < -0.3 is 16.2 Å². The summed E-state index contributed by atoms with van der Waals surface area (Å²) in [6, 6.07) is 5.75. The number of nitrogens with two attached hydrogens (primary N) is 2. The second-order valence-electron chi connectivity index (χ2n) is 3.71. The summed E-state index contributed by atoms with van der Waals surface area (Å²) in [7, 11) is 1.28. The zero-order chi connectivity index (χ0) is 14.0. The highest BCUT2D eigenvalue weighted by Gasteiger charge is 2.35. The Morgan fingerprint density at radius 1 is 1.47 bits per heavy atom. The largest absolute Gasteiger partial charge is 0.466 e. The van der Waals surface area contributed by atoms with Crippen molar-refractivity contribution in [3.8, 4) is 6.07 Å². The molecule has 0 radical (unpaired) electrons. The number of rotatable bonds is 2. The van der Waals surface area contributed by atoms with Crippen LogP contribution in [0.3, 0.4) is 0 Å². The molecular formula is C12H11N3O2S2. The average molecular weight is 293 g/mol. The summed E-state index contributed by atoms with van der Waals surface area (Å²) in [5, 5.41) is 11.7. The van der Waals surface area contributed by atoms with Crippen molar-refractivity contribution < 1.29 is 9.53 Å². The van der Waals surface area contributed by atoms with Crippen LogP contribution in [-0.4, -0.2) is 13.1 Å². The number of allylic oxidation sites excluding steroid dienone is 1. The number of carbonyl (C=O) groups excluding carboxylic acids is 1. The summed E-state index contributed by atoms with van der Waals surface area (Å²) >= 11 is 2.46. The summed E-state index contributed by atoms with van der Waals surface area (Å²) in [6.45, 7) is 0. The second kappa shape index (κ2) is 5.38. The molecule has 0 saturated heterocycles. The molecule has 98 valence electrons. The SMILES string of the molecule is COC(=O)C1=C(N)SC(N)=C(C#N)C1c1cccs1.